The third kappa shape index (κ3) is 4.98. The van der Waals surface area contributed by atoms with Crippen LogP contribution in [0.3, 0.4) is 0 Å². The van der Waals surface area contributed by atoms with Gasteiger partial charge < -0.3 is 15.5 Å². The molecule has 3 aromatic rings. The number of rotatable bonds is 4. The van der Waals surface area contributed by atoms with Crippen molar-refractivity contribution in [1.29, 1.82) is 0 Å². The standard InChI is InChI=1S/C21H19Cl2N5O2S/c1-12-4-7-15(11-16(12)23)25-21(30)28-10-2-3-17(28)19-26-27-20(31-19)18(29)24-14-8-5-13(22)6-9-14/h4-9,11,17H,2-3,10H2,1H3,(H,24,29)(H,25,30). The Hall–Kier alpha value is -2.68. The van der Waals surface area contributed by atoms with E-state index in [9.17, 15) is 9.59 Å². The molecule has 3 amide bonds. The maximum atomic E-state index is 12.8. The van der Waals surface area contributed by atoms with E-state index in [0.717, 1.165) is 18.4 Å². The molecule has 4 rings (SSSR count). The van der Waals surface area contributed by atoms with E-state index in [0.29, 0.717) is 33.0 Å². The van der Waals surface area contributed by atoms with Gasteiger partial charge in [-0.05, 0) is 61.7 Å². The highest BCUT2D eigenvalue weighted by Crippen LogP contribution is 2.34. The minimum atomic E-state index is -0.352. The molecule has 0 aliphatic carbocycles. The Balaban J connectivity index is 1.44. The van der Waals surface area contributed by atoms with Gasteiger partial charge in [-0.25, -0.2) is 4.79 Å². The number of carbonyl (C=O) groups excluding carboxylic acids is 2. The number of anilines is 2. The van der Waals surface area contributed by atoms with Crippen LogP contribution in [0.5, 0.6) is 0 Å². The summed E-state index contributed by atoms with van der Waals surface area (Å²) in [6, 6.07) is 11.7. The molecular formula is C21H19Cl2N5O2S. The summed E-state index contributed by atoms with van der Waals surface area (Å²) in [7, 11) is 0. The molecule has 0 spiro atoms. The first-order valence-electron chi connectivity index (χ1n) is 9.65. The van der Waals surface area contributed by atoms with Gasteiger partial charge in [-0.1, -0.05) is 40.6 Å². The summed E-state index contributed by atoms with van der Waals surface area (Å²) in [5, 5.41) is 15.9. The highest BCUT2D eigenvalue weighted by Gasteiger charge is 2.33. The van der Waals surface area contributed by atoms with Crippen molar-refractivity contribution in [3.05, 3.63) is 68.1 Å². The highest BCUT2D eigenvalue weighted by molar-refractivity contribution is 7.13. The molecule has 0 radical (unpaired) electrons. The van der Waals surface area contributed by atoms with Crippen molar-refractivity contribution in [3.8, 4) is 0 Å². The minimum Gasteiger partial charge on any atom is -0.320 e. The summed E-state index contributed by atoms with van der Waals surface area (Å²) in [6.45, 7) is 2.50. The fraction of sp³-hybridized carbons (Fsp3) is 0.238. The van der Waals surface area contributed by atoms with Gasteiger partial charge in [0.2, 0.25) is 5.01 Å². The molecule has 2 N–H and O–H groups in total. The molecule has 1 atom stereocenters. The number of aryl methyl sites for hydroxylation is 1. The Morgan fingerprint density at radius 1 is 1.06 bits per heavy atom. The van der Waals surface area contributed by atoms with E-state index in [1.807, 2.05) is 19.1 Å². The zero-order chi connectivity index (χ0) is 22.0. The van der Waals surface area contributed by atoms with Gasteiger partial charge >= 0.3 is 6.03 Å². The number of hydrogen-bond acceptors (Lipinski definition) is 5. The number of likely N-dealkylation sites (tertiary alicyclic amines) is 1. The topological polar surface area (TPSA) is 87.2 Å². The van der Waals surface area contributed by atoms with Gasteiger partial charge in [-0.2, -0.15) is 0 Å². The van der Waals surface area contributed by atoms with Crippen LogP contribution in [0.1, 0.15) is 39.3 Å². The van der Waals surface area contributed by atoms with E-state index in [2.05, 4.69) is 20.8 Å². The number of nitrogens with zero attached hydrogens (tertiary/aromatic N) is 3. The number of amides is 3. The predicted molar refractivity (Wildman–Crippen MR) is 123 cm³/mol. The number of hydrogen-bond donors (Lipinski definition) is 2. The Bertz CT molecular complexity index is 1120. The van der Waals surface area contributed by atoms with Crippen LogP contribution in [-0.4, -0.2) is 33.6 Å². The zero-order valence-electron chi connectivity index (χ0n) is 16.6. The molecule has 0 bridgehead atoms. The minimum absolute atomic E-state index is 0.226. The van der Waals surface area contributed by atoms with Gasteiger partial charge in [-0.3, -0.25) is 4.79 Å². The van der Waals surface area contributed by atoms with Crippen molar-refractivity contribution < 1.29 is 9.59 Å². The first-order chi connectivity index (χ1) is 14.9. The second-order valence-electron chi connectivity index (χ2n) is 7.15. The van der Waals surface area contributed by atoms with Crippen molar-refractivity contribution in [2.75, 3.05) is 17.2 Å². The van der Waals surface area contributed by atoms with E-state index in [1.165, 1.54) is 11.3 Å². The highest BCUT2D eigenvalue weighted by atomic mass is 35.5. The fourth-order valence-corrected chi connectivity index (χ4v) is 4.50. The lowest BCUT2D eigenvalue weighted by Gasteiger charge is -2.23. The van der Waals surface area contributed by atoms with Crippen molar-refractivity contribution >= 4 is 57.9 Å². The van der Waals surface area contributed by atoms with Gasteiger partial charge in [0.05, 0.1) is 6.04 Å². The van der Waals surface area contributed by atoms with Crippen molar-refractivity contribution in [3.63, 3.8) is 0 Å². The third-order valence-electron chi connectivity index (χ3n) is 4.96. The van der Waals surface area contributed by atoms with Gasteiger partial charge in [-0.15, -0.1) is 10.2 Å². The van der Waals surface area contributed by atoms with Crippen LogP contribution in [0.25, 0.3) is 0 Å². The SMILES string of the molecule is Cc1ccc(NC(=O)N2CCCC2c2nnc(C(=O)Nc3ccc(Cl)cc3)s2)cc1Cl. The smallest absolute Gasteiger partial charge is 0.320 e. The van der Waals surface area contributed by atoms with Gasteiger partial charge in [0, 0.05) is 28.0 Å². The number of urea groups is 1. The van der Waals surface area contributed by atoms with E-state index < -0.39 is 0 Å². The molecule has 31 heavy (non-hydrogen) atoms. The van der Waals surface area contributed by atoms with E-state index in [4.69, 9.17) is 23.2 Å². The van der Waals surface area contributed by atoms with Crippen LogP contribution in [0.15, 0.2) is 42.5 Å². The monoisotopic (exact) mass is 475 g/mol. The van der Waals surface area contributed by atoms with Crippen LogP contribution in [-0.2, 0) is 0 Å². The first kappa shape index (κ1) is 21.5. The number of benzene rings is 2. The zero-order valence-corrected chi connectivity index (χ0v) is 18.9. The number of halogens is 2. The van der Waals surface area contributed by atoms with Crippen LogP contribution in [0.2, 0.25) is 10.0 Å². The Morgan fingerprint density at radius 2 is 1.81 bits per heavy atom. The Labute approximate surface area is 193 Å². The molecule has 1 aliphatic rings. The van der Waals surface area contributed by atoms with E-state index >= 15 is 0 Å². The van der Waals surface area contributed by atoms with E-state index in [1.54, 1.807) is 35.2 Å². The average molecular weight is 476 g/mol. The maximum Gasteiger partial charge on any atom is 0.322 e. The summed E-state index contributed by atoms with van der Waals surface area (Å²) in [6.07, 6.45) is 1.61. The molecule has 1 aliphatic heterocycles. The van der Waals surface area contributed by atoms with Crippen LogP contribution in [0, 0.1) is 6.92 Å². The number of nitrogens with one attached hydrogen (secondary N) is 2. The molecular weight excluding hydrogens is 457 g/mol. The summed E-state index contributed by atoms with van der Waals surface area (Å²) in [5.41, 5.74) is 2.19. The largest absolute Gasteiger partial charge is 0.322 e. The van der Waals surface area contributed by atoms with Crippen LogP contribution in [0.4, 0.5) is 16.2 Å². The normalized spacial score (nSPS) is 15.7. The number of carbonyl (C=O) groups is 2. The van der Waals surface area contributed by atoms with Gasteiger partial charge in [0.1, 0.15) is 5.01 Å². The summed E-state index contributed by atoms with van der Waals surface area (Å²) in [4.78, 5) is 27.1. The first-order valence-corrected chi connectivity index (χ1v) is 11.2. The van der Waals surface area contributed by atoms with Gasteiger partial charge in [0.15, 0.2) is 0 Å². The molecule has 160 valence electrons. The molecule has 7 nitrogen and oxygen atoms in total. The van der Waals surface area contributed by atoms with Crippen LogP contribution < -0.4 is 10.6 Å². The Morgan fingerprint density at radius 3 is 2.55 bits per heavy atom. The van der Waals surface area contributed by atoms with E-state index in [-0.39, 0.29) is 23.0 Å². The second kappa shape index (κ2) is 9.21. The Kier molecular flexibility index (Phi) is 6.41. The van der Waals surface area contributed by atoms with Crippen molar-refractivity contribution in [2.24, 2.45) is 0 Å². The third-order valence-corrected chi connectivity index (χ3v) is 6.64. The molecule has 1 saturated heterocycles. The van der Waals surface area contributed by atoms with Crippen LogP contribution >= 0.6 is 34.5 Å². The molecule has 10 heteroatoms. The fourth-order valence-electron chi connectivity index (χ4n) is 3.31. The summed E-state index contributed by atoms with van der Waals surface area (Å²) < 4.78 is 0. The molecule has 2 aromatic carbocycles. The predicted octanol–water partition coefficient (Wildman–Crippen LogP) is 5.77. The lowest BCUT2D eigenvalue weighted by molar-refractivity contribution is 0.102. The molecule has 1 aromatic heterocycles. The molecule has 1 fully saturated rings. The lowest BCUT2D eigenvalue weighted by Crippen LogP contribution is -2.34. The summed E-state index contributed by atoms with van der Waals surface area (Å²) >= 11 is 13.2. The second-order valence-corrected chi connectivity index (χ2v) is 9.00. The van der Waals surface area contributed by atoms with Gasteiger partial charge in [0.25, 0.3) is 5.91 Å². The molecule has 2 heterocycles. The lowest BCUT2D eigenvalue weighted by atomic mass is 10.2. The maximum absolute atomic E-state index is 12.8. The average Bonchev–Trinajstić information content (AvgIpc) is 3.42. The van der Waals surface area contributed by atoms with Crippen molar-refractivity contribution in [2.45, 2.75) is 25.8 Å². The molecule has 1 unspecified atom stereocenters. The number of aromatic nitrogens is 2. The molecule has 0 saturated carbocycles. The quantitative estimate of drug-likeness (QED) is 0.500. The van der Waals surface area contributed by atoms with Crippen molar-refractivity contribution in [1.82, 2.24) is 15.1 Å². The summed E-state index contributed by atoms with van der Waals surface area (Å²) in [5.74, 6) is -0.352.